The second-order valence-electron chi connectivity index (χ2n) is 8.75. The molecule has 2 aromatic carbocycles. The Morgan fingerprint density at radius 2 is 1.68 bits per heavy atom. The van der Waals surface area contributed by atoms with Gasteiger partial charge in [0, 0.05) is 24.6 Å². The van der Waals surface area contributed by atoms with Gasteiger partial charge in [-0.15, -0.1) is 0 Å². The number of carbonyl (C=O) groups excluding carboxylic acids is 2. The predicted octanol–water partition coefficient (Wildman–Crippen LogP) is 6.25. The van der Waals surface area contributed by atoms with Gasteiger partial charge in [-0.25, -0.2) is 9.97 Å². The Balaban J connectivity index is 1.76. The SMILES string of the molecule is C=CN([O-])C(=O)C(C/C=C/c1ccc(N(CC(C)C)c2ncccn2)cc1)NC(=O)c1c(Cl)cccc1Cl. The summed E-state index contributed by atoms with van der Waals surface area (Å²) in [5.74, 6) is -0.532. The predicted molar refractivity (Wildman–Crippen MR) is 152 cm³/mol. The first-order valence-corrected chi connectivity index (χ1v) is 12.7. The van der Waals surface area contributed by atoms with E-state index in [1.165, 1.54) is 12.1 Å². The maximum atomic E-state index is 12.8. The minimum absolute atomic E-state index is 0.0256. The van der Waals surface area contributed by atoms with Crippen molar-refractivity contribution in [3.05, 3.63) is 106 Å². The van der Waals surface area contributed by atoms with Crippen LogP contribution < -0.4 is 10.2 Å². The highest BCUT2D eigenvalue weighted by Gasteiger charge is 2.23. The van der Waals surface area contributed by atoms with Gasteiger partial charge in [-0.1, -0.05) is 74.0 Å². The van der Waals surface area contributed by atoms with E-state index in [0.29, 0.717) is 11.9 Å². The van der Waals surface area contributed by atoms with Gasteiger partial charge in [-0.05, 0) is 54.4 Å². The molecule has 2 amide bonds. The van der Waals surface area contributed by atoms with Crippen LogP contribution in [0.25, 0.3) is 6.08 Å². The van der Waals surface area contributed by atoms with E-state index >= 15 is 0 Å². The van der Waals surface area contributed by atoms with E-state index in [1.807, 2.05) is 29.2 Å². The van der Waals surface area contributed by atoms with E-state index in [9.17, 15) is 14.8 Å². The molecule has 10 heteroatoms. The van der Waals surface area contributed by atoms with Gasteiger partial charge < -0.3 is 20.5 Å². The van der Waals surface area contributed by atoms with Crippen molar-refractivity contribution in [1.82, 2.24) is 20.3 Å². The summed E-state index contributed by atoms with van der Waals surface area (Å²) >= 11 is 12.2. The lowest BCUT2D eigenvalue weighted by Crippen LogP contribution is -2.45. The van der Waals surface area contributed by atoms with Gasteiger partial charge in [0.1, 0.15) is 6.04 Å². The highest BCUT2D eigenvalue weighted by Crippen LogP contribution is 2.25. The standard InChI is InChI=1S/C28H28Cl2N5O3/c1-4-35(38)27(37)24(33-26(36)25-22(29)9-6-10-23(25)30)11-5-8-20-12-14-21(15-13-20)34(18-19(2)3)28-31-16-7-17-32-28/h4-10,12-17,19,24H,1,11,18H2,2-3H3,(H,33,36)/q-1/b8-5+. The first-order chi connectivity index (χ1) is 18.2. The summed E-state index contributed by atoms with van der Waals surface area (Å²) < 4.78 is 0. The van der Waals surface area contributed by atoms with Crippen LogP contribution >= 0.6 is 23.2 Å². The number of nitrogens with zero attached hydrogens (tertiary/aromatic N) is 4. The second kappa shape index (κ2) is 13.7. The van der Waals surface area contributed by atoms with Crippen LogP contribution in [0.5, 0.6) is 0 Å². The van der Waals surface area contributed by atoms with Crippen LogP contribution in [-0.4, -0.2) is 39.4 Å². The monoisotopic (exact) mass is 552 g/mol. The molecule has 0 saturated heterocycles. The van der Waals surface area contributed by atoms with Crippen LogP contribution in [0.3, 0.4) is 0 Å². The van der Waals surface area contributed by atoms with Crippen LogP contribution in [0.4, 0.5) is 11.6 Å². The summed E-state index contributed by atoms with van der Waals surface area (Å²) in [7, 11) is 0. The summed E-state index contributed by atoms with van der Waals surface area (Å²) in [6, 6.07) is 13.0. The molecule has 0 aliphatic heterocycles. The minimum atomic E-state index is -1.15. The van der Waals surface area contributed by atoms with Gasteiger partial charge in [0.25, 0.3) is 5.91 Å². The van der Waals surface area contributed by atoms with E-state index in [2.05, 4.69) is 35.7 Å². The Morgan fingerprint density at radius 3 is 2.26 bits per heavy atom. The lowest BCUT2D eigenvalue weighted by molar-refractivity contribution is -0.128. The van der Waals surface area contributed by atoms with Gasteiger partial charge in [0.15, 0.2) is 0 Å². The van der Waals surface area contributed by atoms with Gasteiger partial charge in [-0.2, -0.15) is 0 Å². The molecule has 3 rings (SSSR count). The molecule has 0 aliphatic carbocycles. The number of carbonyl (C=O) groups is 2. The molecule has 0 bridgehead atoms. The van der Waals surface area contributed by atoms with Crippen LogP contribution in [0.1, 0.15) is 36.2 Å². The Hall–Kier alpha value is -3.72. The van der Waals surface area contributed by atoms with Gasteiger partial charge in [0.2, 0.25) is 11.9 Å². The number of rotatable bonds is 11. The molecular formula is C28H28Cl2N5O3-. The van der Waals surface area contributed by atoms with Crippen molar-refractivity contribution in [3.8, 4) is 0 Å². The van der Waals surface area contributed by atoms with E-state index in [4.69, 9.17) is 23.2 Å². The average molecular weight is 553 g/mol. The van der Waals surface area contributed by atoms with Crippen LogP contribution in [0.2, 0.25) is 10.0 Å². The summed E-state index contributed by atoms with van der Waals surface area (Å²) in [6.07, 6.45) is 7.81. The molecule has 38 heavy (non-hydrogen) atoms. The maximum absolute atomic E-state index is 12.8. The summed E-state index contributed by atoms with van der Waals surface area (Å²) in [5.41, 5.74) is 1.83. The molecule has 0 saturated carbocycles. The topological polar surface area (TPSA) is 101 Å². The number of anilines is 2. The van der Waals surface area contributed by atoms with Gasteiger partial charge in [-0.3, -0.25) is 9.59 Å². The third-order valence-corrected chi connectivity index (χ3v) is 6.03. The number of hydrogen-bond donors (Lipinski definition) is 1. The molecule has 1 atom stereocenters. The van der Waals surface area contributed by atoms with Crippen LogP contribution in [-0.2, 0) is 4.79 Å². The highest BCUT2D eigenvalue weighted by molar-refractivity contribution is 6.39. The average Bonchev–Trinajstić information content (AvgIpc) is 2.91. The van der Waals surface area contributed by atoms with Crippen molar-refractivity contribution in [2.45, 2.75) is 26.3 Å². The minimum Gasteiger partial charge on any atom is -0.752 e. The molecule has 1 aromatic heterocycles. The molecule has 0 aliphatic rings. The summed E-state index contributed by atoms with van der Waals surface area (Å²) in [4.78, 5) is 36.2. The Morgan fingerprint density at radius 1 is 1.05 bits per heavy atom. The third kappa shape index (κ3) is 7.64. The zero-order chi connectivity index (χ0) is 27.7. The fourth-order valence-corrected chi connectivity index (χ4v) is 4.18. The highest BCUT2D eigenvalue weighted by atomic mass is 35.5. The first kappa shape index (κ1) is 28.8. The lowest BCUT2D eigenvalue weighted by Gasteiger charge is -2.28. The lowest BCUT2D eigenvalue weighted by atomic mass is 10.1. The largest absolute Gasteiger partial charge is 0.752 e. The number of nitrogens with one attached hydrogen (secondary N) is 1. The summed E-state index contributed by atoms with van der Waals surface area (Å²) in [5, 5.41) is 14.8. The smallest absolute Gasteiger partial charge is 0.254 e. The van der Waals surface area contributed by atoms with Gasteiger partial charge >= 0.3 is 0 Å². The van der Waals surface area contributed by atoms with E-state index in [0.717, 1.165) is 24.0 Å². The normalized spacial score (nSPS) is 11.8. The van der Waals surface area contributed by atoms with Crippen molar-refractivity contribution >= 4 is 52.7 Å². The first-order valence-electron chi connectivity index (χ1n) is 11.9. The molecule has 0 fully saturated rings. The molecule has 0 radical (unpaired) electrons. The van der Waals surface area contributed by atoms with E-state index in [-0.39, 0.29) is 27.1 Å². The van der Waals surface area contributed by atoms with Crippen LogP contribution in [0, 0.1) is 11.1 Å². The fraction of sp³-hybridized carbons (Fsp3) is 0.214. The Bertz CT molecular complexity index is 1260. The molecule has 8 nitrogen and oxygen atoms in total. The molecule has 1 N–H and O–H groups in total. The number of hydrogen-bond acceptors (Lipinski definition) is 6. The molecule has 0 spiro atoms. The van der Waals surface area contributed by atoms with E-state index in [1.54, 1.807) is 36.7 Å². The third-order valence-electron chi connectivity index (χ3n) is 5.40. The quantitative estimate of drug-likeness (QED) is 0.282. The Labute approximate surface area is 232 Å². The number of amides is 2. The van der Waals surface area contributed by atoms with E-state index < -0.39 is 17.9 Å². The van der Waals surface area contributed by atoms with Gasteiger partial charge in [0.05, 0.1) is 15.6 Å². The number of benzene rings is 2. The zero-order valence-electron chi connectivity index (χ0n) is 21.1. The van der Waals surface area contributed by atoms with Crippen molar-refractivity contribution in [1.29, 1.82) is 0 Å². The van der Waals surface area contributed by atoms with Crippen molar-refractivity contribution in [2.24, 2.45) is 5.92 Å². The van der Waals surface area contributed by atoms with Crippen molar-refractivity contribution < 1.29 is 9.59 Å². The number of hydroxylamine groups is 2. The molecule has 1 unspecified atom stereocenters. The molecule has 198 valence electrons. The van der Waals surface area contributed by atoms with Crippen LogP contribution in [0.15, 0.2) is 79.8 Å². The maximum Gasteiger partial charge on any atom is 0.254 e. The van der Waals surface area contributed by atoms with Crippen molar-refractivity contribution in [2.75, 3.05) is 11.4 Å². The Kier molecular flexibility index (Phi) is 10.4. The number of halogens is 2. The number of aromatic nitrogens is 2. The zero-order valence-corrected chi connectivity index (χ0v) is 22.6. The summed E-state index contributed by atoms with van der Waals surface area (Å²) in [6.45, 7) is 8.32. The molecular weight excluding hydrogens is 525 g/mol. The van der Waals surface area contributed by atoms with Crippen molar-refractivity contribution in [3.63, 3.8) is 0 Å². The molecule has 3 aromatic rings. The molecule has 1 heterocycles. The second-order valence-corrected chi connectivity index (χ2v) is 9.57. The fourth-order valence-electron chi connectivity index (χ4n) is 3.61.